The second-order valence-electron chi connectivity index (χ2n) is 7.18. The summed E-state index contributed by atoms with van der Waals surface area (Å²) >= 11 is 7.66. The van der Waals surface area contributed by atoms with Crippen LogP contribution < -0.4 is 10.6 Å². The van der Waals surface area contributed by atoms with Crippen LogP contribution in [0.5, 0.6) is 0 Å². The first-order valence-electron chi connectivity index (χ1n) is 10.1. The monoisotopic (exact) mass is 452 g/mol. The van der Waals surface area contributed by atoms with Gasteiger partial charge >= 0.3 is 0 Å². The van der Waals surface area contributed by atoms with Gasteiger partial charge in [0.1, 0.15) is 5.25 Å². The first kappa shape index (κ1) is 22.9. The molecule has 1 atom stereocenters. The van der Waals surface area contributed by atoms with Crippen LogP contribution in [0.15, 0.2) is 77.7 Å². The van der Waals surface area contributed by atoms with Crippen molar-refractivity contribution in [2.24, 2.45) is 0 Å². The predicted octanol–water partition coefficient (Wildman–Crippen LogP) is 6.86. The average molecular weight is 453 g/mol. The fourth-order valence-corrected chi connectivity index (χ4v) is 4.19. The summed E-state index contributed by atoms with van der Waals surface area (Å²) in [6.45, 7) is 3.89. The number of halogens is 1. The molecule has 0 aliphatic carbocycles. The van der Waals surface area contributed by atoms with Crippen LogP contribution in [0.3, 0.4) is 0 Å². The molecule has 1 unspecified atom stereocenters. The quantitative estimate of drug-likeness (QED) is 0.367. The molecule has 2 N–H and O–H groups in total. The number of rotatable bonds is 8. The molecule has 3 rings (SSSR count). The van der Waals surface area contributed by atoms with Crippen LogP contribution in [0, 0.1) is 6.92 Å². The third-order valence-electron chi connectivity index (χ3n) is 4.65. The van der Waals surface area contributed by atoms with Crippen LogP contribution in [0.4, 0.5) is 11.4 Å². The van der Waals surface area contributed by atoms with Crippen molar-refractivity contribution in [1.82, 2.24) is 0 Å². The first-order chi connectivity index (χ1) is 15.0. The van der Waals surface area contributed by atoms with Crippen LogP contribution in [-0.2, 0) is 9.59 Å². The molecular formula is C25H25ClN2O2S. The fraction of sp³-hybridized carbons (Fsp3) is 0.200. The molecule has 0 aromatic heterocycles. The lowest BCUT2D eigenvalue weighted by molar-refractivity contribution is -0.116. The van der Waals surface area contributed by atoms with E-state index in [0.29, 0.717) is 17.1 Å². The van der Waals surface area contributed by atoms with Crippen LogP contribution in [0.2, 0.25) is 5.02 Å². The highest BCUT2D eigenvalue weighted by Crippen LogP contribution is 2.37. The minimum Gasteiger partial charge on any atom is -0.326 e. The Bertz CT molecular complexity index is 1040. The topological polar surface area (TPSA) is 58.2 Å². The standard InChI is InChI=1S/C25H25ClN2O2S/c1-3-7-23(29)27-19-12-14-21(15-13-19)31-24(18-8-5-4-6-9-18)25(30)28-20-11-10-17(2)22(26)16-20/h4-6,8-16,24H,3,7H2,1-2H3,(H,27,29)(H,28,30). The molecule has 0 heterocycles. The van der Waals surface area contributed by atoms with Crippen molar-refractivity contribution in [3.8, 4) is 0 Å². The van der Waals surface area contributed by atoms with Gasteiger partial charge in [-0.05, 0) is 60.9 Å². The van der Waals surface area contributed by atoms with Gasteiger partial charge in [-0.1, -0.05) is 54.9 Å². The highest BCUT2D eigenvalue weighted by molar-refractivity contribution is 8.00. The Morgan fingerprint density at radius 3 is 2.26 bits per heavy atom. The summed E-state index contributed by atoms with van der Waals surface area (Å²) in [5.74, 6) is -0.127. The maximum atomic E-state index is 13.2. The Morgan fingerprint density at radius 1 is 0.935 bits per heavy atom. The SMILES string of the molecule is CCCC(=O)Nc1ccc(SC(C(=O)Nc2ccc(C)c(Cl)c2)c2ccccc2)cc1. The third kappa shape index (κ3) is 6.61. The minimum atomic E-state index is -0.443. The smallest absolute Gasteiger partial charge is 0.242 e. The Hall–Kier alpha value is -2.76. The van der Waals surface area contributed by atoms with Crippen LogP contribution in [-0.4, -0.2) is 11.8 Å². The zero-order valence-corrected chi connectivity index (χ0v) is 19.1. The molecule has 0 bridgehead atoms. The molecule has 2 amide bonds. The molecule has 0 aliphatic heterocycles. The zero-order valence-electron chi connectivity index (χ0n) is 17.5. The Labute approximate surface area is 192 Å². The molecule has 4 nitrogen and oxygen atoms in total. The second kappa shape index (κ2) is 11.0. The van der Waals surface area contributed by atoms with E-state index in [4.69, 9.17) is 11.6 Å². The maximum Gasteiger partial charge on any atom is 0.242 e. The van der Waals surface area contributed by atoms with Gasteiger partial charge in [0, 0.05) is 27.7 Å². The molecule has 0 fully saturated rings. The molecule has 160 valence electrons. The van der Waals surface area contributed by atoms with E-state index in [1.807, 2.05) is 80.6 Å². The molecule has 0 saturated carbocycles. The van der Waals surface area contributed by atoms with Crippen molar-refractivity contribution in [2.45, 2.75) is 36.8 Å². The number of carbonyl (C=O) groups is 2. The number of nitrogens with one attached hydrogen (secondary N) is 2. The van der Waals surface area contributed by atoms with Crippen molar-refractivity contribution in [3.05, 3.63) is 88.9 Å². The fourth-order valence-electron chi connectivity index (χ4n) is 2.98. The van der Waals surface area contributed by atoms with Gasteiger partial charge in [0.05, 0.1) is 0 Å². The molecule has 0 radical (unpaired) electrons. The van der Waals surface area contributed by atoms with E-state index in [2.05, 4.69) is 10.6 Å². The molecule has 0 saturated heterocycles. The number of hydrogen-bond acceptors (Lipinski definition) is 3. The van der Waals surface area contributed by atoms with E-state index >= 15 is 0 Å². The van der Waals surface area contributed by atoms with Crippen molar-refractivity contribution < 1.29 is 9.59 Å². The van der Waals surface area contributed by atoms with Crippen molar-refractivity contribution >= 4 is 46.6 Å². The van der Waals surface area contributed by atoms with Crippen LogP contribution in [0.1, 0.15) is 36.1 Å². The maximum absolute atomic E-state index is 13.2. The van der Waals surface area contributed by atoms with Gasteiger partial charge < -0.3 is 10.6 Å². The molecule has 31 heavy (non-hydrogen) atoms. The van der Waals surface area contributed by atoms with E-state index in [0.717, 1.165) is 28.1 Å². The molecule has 3 aromatic carbocycles. The lowest BCUT2D eigenvalue weighted by Crippen LogP contribution is -2.19. The van der Waals surface area contributed by atoms with Crippen molar-refractivity contribution in [1.29, 1.82) is 0 Å². The normalized spacial score (nSPS) is 11.6. The number of aryl methyl sites for hydroxylation is 1. The third-order valence-corrected chi connectivity index (χ3v) is 6.32. The summed E-state index contributed by atoms with van der Waals surface area (Å²) in [4.78, 5) is 25.9. The summed E-state index contributed by atoms with van der Waals surface area (Å²) in [5, 5.41) is 6.03. The highest BCUT2D eigenvalue weighted by Gasteiger charge is 2.22. The molecule has 0 spiro atoms. The van der Waals surface area contributed by atoms with E-state index in [9.17, 15) is 9.59 Å². The Kier molecular flexibility index (Phi) is 8.15. The molecular weight excluding hydrogens is 428 g/mol. The highest BCUT2D eigenvalue weighted by atomic mass is 35.5. The second-order valence-corrected chi connectivity index (χ2v) is 8.77. The summed E-state index contributed by atoms with van der Waals surface area (Å²) in [7, 11) is 0. The number of amides is 2. The van der Waals surface area contributed by atoms with Crippen molar-refractivity contribution in [2.75, 3.05) is 10.6 Å². The number of carbonyl (C=O) groups excluding carboxylic acids is 2. The number of anilines is 2. The lowest BCUT2D eigenvalue weighted by Gasteiger charge is -2.18. The average Bonchev–Trinajstić information content (AvgIpc) is 2.76. The number of hydrogen-bond donors (Lipinski definition) is 2. The molecule has 6 heteroatoms. The van der Waals surface area contributed by atoms with Gasteiger partial charge in [0.25, 0.3) is 0 Å². The van der Waals surface area contributed by atoms with Gasteiger partial charge in [-0.25, -0.2) is 0 Å². The minimum absolute atomic E-state index is 0.00111. The number of thioether (sulfide) groups is 1. The predicted molar refractivity (Wildman–Crippen MR) is 130 cm³/mol. The van der Waals surface area contributed by atoms with Gasteiger partial charge in [-0.15, -0.1) is 11.8 Å². The van der Waals surface area contributed by atoms with Crippen molar-refractivity contribution in [3.63, 3.8) is 0 Å². The first-order valence-corrected chi connectivity index (χ1v) is 11.4. The van der Waals surface area contributed by atoms with Crippen LogP contribution >= 0.6 is 23.4 Å². The summed E-state index contributed by atoms with van der Waals surface area (Å²) in [6, 6.07) is 22.7. The molecule has 0 aliphatic rings. The summed E-state index contributed by atoms with van der Waals surface area (Å²) in [5.41, 5.74) is 3.28. The molecule has 3 aromatic rings. The summed E-state index contributed by atoms with van der Waals surface area (Å²) < 4.78 is 0. The summed E-state index contributed by atoms with van der Waals surface area (Å²) in [6.07, 6.45) is 1.30. The van der Waals surface area contributed by atoms with E-state index in [1.165, 1.54) is 11.8 Å². The van der Waals surface area contributed by atoms with E-state index in [1.54, 1.807) is 6.07 Å². The van der Waals surface area contributed by atoms with Gasteiger partial charge in [-0.3, -0.25) is 9.59 Å². The zero-order chi connectivity index (χ0) is 22.2. The largest absolute Gasteiger partial charge is 0.326 e. The number of benzene rings is 3. The van der Waals surface area contributed by atoms with Crippen LogP contribution in [0.25, 0.3) is 0 Å². The Morgan fingerprint density at radius 2 is 1.61 bits per heavy atom. The van der Waals surface area contributed by atoms with E-state index < -0.39 is 5.25 Å². The van der Waals surface area contributed by atoms with E-state index in [-0.39, 0.29) is 11.8 Å². The Balaban J connectivity index is 1.77. The van der Waals surface area contributed by atoms with Gasteiger partial charge in [-0.2, -0.15) is 0 Å². The van der Waals surface area contributed by atoms with Gasteiger partial charge in [0.15, 0.2) is 0 Å². The lowest BCUT2D eigenvalue weighted by atomic mass is 10.1. The van der Waals surface area contributed by atoms with Gasteiger partial charge in [0.2, 0.25) is 11.8 Å².